The van der Waals surface area contributed by atoms with Gasteiger partial charge in [-0.25, -0.2) is 17.5 Å². The monoisotopic (exact) mass is 335 g/mol. The third-order valence-corrected chi connectivity index (χ3v) is 5.15. The van der Waals surface area contributed by atoms with Crippen LogP contribution in [0.4, 0.5) is 4.39 Å². The molecule has 0 radical (unpaired) electrons. The third-order valence-electron chi connectivity index (χ3n) is 3.67. The summed E-state index contributed by atoms with van der Waals surface area (Å²) in [7, 11) is -3.50. The van der Waals surface area contributed by atoms with Crippen LogP contribution in [0.1, 0.15) is 30.9 Å². The van der Waals surface area contributed by atoms with Gasteiger partial charge in [-0.15, -0.1) is 0 Å². The van der Waals surface area contributed by atoms with Crippen molar-refractivity contribution in [2.75, 3.05) is 6.54 Å². The summed E-state index contributed by atoms with van der Waals surface area (Å²) < 4.78 is 39.9. The molecule has 0 spiro atoms. The second kappa shape index (κ2) is 8.22. The van der Waals surface area contributed by atoms with E-state index in [1.165, 1.54) is 12.1 Å². The van der Waals surface area contributed by atoms with Crippen LogP contribution in [0.5, 0.6) is 0 Å². The van der Waals surface area contributed by atoms with E-state index < -0.39 is 10.0 Å². The topological polar surface area (TPSA) is 46.2 Å². The van der Waals surface area contributed by atoms with Gasteiger partial charge in [-0.1, -0.05) is 37.6 Å². The van der Waals surface area contributed by atoms with Gasteiger partial charge in [0.25, 0.3) is 0 Å². The van der Waals surface area contributed by atoms with Gasteiger partial charge >= 0.3 is 0 Å². The highest BCUT2D eigenvalue weighted by Crippen LogP contribution is 2.12. The number of hydrogen-bond donors (Lipinski definition) is 1. The molecule has 5 heteroatoms. The molecule has 0 fully saturated rings. The Morgan fingerprint density at radius 3 is 2.09 bits per heavy atom. The van der Waals surface area contributed by atoms with Crippen LogP contribution in [-0.2, 0) is 22.9 Å². The normalized spacial score (nSPS) is 11.6. The number of sulfonamides is 1. The van der Waals surface area contributed by atoms with Crippen LogP contribution in [0.15, 0.2) is 53.4 Å². The van der Waals surface area contributed by atoms with Crippen LogP contribution in [0.2, 0.25) is 0 Å². The molecule has 2 rings (SSSR count). The maximum atomic E-state index is 12.8. The fourth-order valence-electron chi connectivity index (χ4n) is 2.28. The first-order chi connectivity index (χ1) is 11.0. The summed E-state index contributed by atoms with van der Waals surface area (Å²) in [6, 6.07) is 13.1. The molecule has 0 atom stereocenters. The van der Waals surface area contributed by atoms with Crippen LogP contribution in [0.25, 0.3) is 0 Å². The zero-order valence-electron chi connectivity index (χ0n) is 13.3. The molecule has 0 heterocycles. The van der Waals surface area contributed by atoms with Crippen LogP contribution in [0, 0.1) is 5.82 Å². The maximum absolute atomic E-state index is 12.8. The molecule has 3 nitrogen and oxygen atoms in total. The Morgan fingerprint density at radius 1 is 0.913 bits per heavy atom. The molecule has 0 aliphatic rings. The molecule has 0 aromatic heterocycles. The maximum Gasteiger partial charge on any atom is 0.240 e. The Morgan fingerprint density at radius 2 is 1.48 bits per heavy atom. The van der Waals surface area contributed by atoms with Crippen LogP contribution in [0.3, 0.4) is 0 Å². The predicted molar refractivity (Wildman–Crippen MR) is 90.3 cm³/mol. The molecule has 0 saturated heterocycles. The minimum Gasteiger partial charge on any atom is -0.211 e. The van der Waals surface area contributed by atoms with E-state index in [0.29, 0.717) is 6.42 Å². The van der Waals surface area contributed by atoms with Gasteiger partial charge in [0, 0.05) is 6.54 Å². The Balaban J connectivity index is 1.91. The van der Waals surface area contributed by atoms with Crippen molar-refractivity contribution in [1.29, 1.82) is 0 Å². The highest BCUT2D eigenvalue weighted by atomic mass is 32.2. The molecule has 0 aliphatic carbocycles. The zero-order chi connectivity index (χ0) is 16.7. The van der Waals surface area contributed by atoms with E-state index in [-0.39, 0.29) is 17.3 Å². The fourth-order valence-corrected chi connectivity index (χ4v) is 3.31. The van der Waals surface area contributed by atoms with Gasteiger partial charge in [-0.05, 0) is 54.7 Å². The molecular weight excluding hydrogens is 313 g/mol. The number of nitrogens with one attached hydrogen (secondary N) is 1. The molecule has 0 unspecified atom stereocenters. The lowest BCUT2D eigenvalue weighted by Crippen LogP contribution is -2.26. The standard InChI is InChI=1S/C18H22FNO2S/c1-2-3-4-15-7-11-18(12-8-15)23(21,22)20-14-13-16-5-9-17(19)10-6-16/h5-12,20H,2-4,13-14H2,1H3. The van der Waals surface area contributed by atoms with Crippen LogP contribution < -0.4 is 4.72 Å². The lowest BCUT2D eigenvalue weighted by Gasteiger charge is -2.08. The van der Waals surface area contributed by atoms with Crippen LogP contribution >= 0.6 is 0 Å². The number of benzene rings is 2. The summed E-state index contributed by atoms with van der Waals surface area (Å²) in [5, 5.41) is 0. The van der Waals surface area contributed by atoms with E-state index in [9.17, 15) is 12.8 Å². The van der Waals surface area contributed by atoms with E-state index in [1.807, 2.05) is 12.1 Å². The first kappa shape index (κ1) is 17.6. The molecular formula is C18H22FNO2S. The van der Waals surface area contributed by atoms with Crippen molar-refractivity contribution in [2.45, 2.75) is 37.5 Å². The first-order valence-electron chi connectivity index (χ1n) is 7.84. The average molecular weight is 335 g/mol. The summed E-state index contributed by atoms with van der Waals surface area (Å²) in [5.41, 5.74) is 2.04. The lowest BCUT2D eigenvalue weighted by molar-refractivity contribution is 0.581. The number of unbranched alkanes of at least 4 members (excludes halogenated alkanes) is 1. The van der Waals surface area contributed by atoms with Crippen molar-refractivity contribution in [3.63, 3.8) is 0 Å². The van der Waals surface area contributed by atoms with Crippen molar-refractivity contribution in [3.8, 4) is 0 Å². The molecule has 0 saturated carbocycles. The van der Waals surface area contributed by atoms with Gasteiger partial charge < -0.3 is 0 Å². The van der Waals surface area contributed by atoms with E-state index >= 15 is 0 Å². The smallest absolute Gasteiger partial charge is 0.211 e. The second-order valence-corrected chi connectivity index (χ2v) is 7.29. The highest BCUT2D eigenvalue weighted by Gasteiger charge is 2.13. The van der Waals surface area contributed by atoms with Gasteiger partial charge in [-0.2, -0.15) is 0 Å². The molecule has 0 aliphatic heterocycles. The Kier molecular flexibility index (Phi) is 6.30. The van der Waals surface area contributed by atoms with E-state index in [0.717, 1.165) is 30.4 Å². The van der Waals surface area contributed by atoms with E-state index in [1.54, 1.807) is 24.3 Å². The number of hydrogen-bond acceptors (Lipinski definition) is 2. The Bertz CT molecular complexity index is 710. The summed E-state index contributed by atoms with van der Waals surface area (Å²) in [4.78, 5) is 0.275. The predicted octanol–water partition coefficient (Wildman–Crippen LogP) is 3.69. The van der Waals surface area contributed by atoms with Crippen molar-refractivity contribution >= 4 is 10.0 Å². The second-order valence-electron chi connectivity index (χ2n) is 5.52. The van der Waals surface area contributed by atoms with Gasteiger partial charge in [0.1, 0.15) is 5.82 Å². The molecule has 1 N–H and O–H groups in total. The molecule has 0 bridgehead atoms. The highest BCUT2D eigenvalue weighted by molar-refractivity contribution is 7.89. The lowest BCUT2D eigenvalue weighted by atomic mass is 10.1. The molecule has 2 aromatic carbocycles. The van der Waals surface area contributed by atoms with Crippen molar-refractivity contribution in [2.24, 2.45) is 0 Å². The molecule has 0 amide bonds. The molecule has 23 heavy (non-hydrogen) atoms. The quantitative estimate of drug-likeness (QED) is 0.800. The fraction of sp³-hybridized carbons (Fsp3) is 0.333. The SMILES string of the molecule is CCCCc1ccc(S(=O)(=O)NCCc2ccc(F)cc2)cc1. The van der Waals surface area contributed by atoms with E-state index in [2.05, 4.69) is 11.6 Å². The molecule has 2 aromatic rings. The van der Waals surface area contributed by atoms with Crippen molar-refractivity contribution in [1.82, 2.24) is 4.72 Å². The summed E-state index contributed by atoms with van der Waals surface area (Å²) >= 11 is 0. The van der Waals surface area contributed by atoms with E-state index in [4.69, 9.17) is 0 Å². The molecule has 124 valence electrons. The van der Waals surface area contributed by atoms with Gasteiger partial charge in [0.15, 0.2) is 0 Å². The Hall–Kier alpha value is -1.72. The number of halogens is 1. The van der Waals surface area contributed by atoms with Gasteiger partial charge in [0.2, 0.25) is 10.0 Å². The average Bonchev–Trinajstić information content (AvgIpc) is 2.55. The first-order valence-corrected chi connectivity index (χ1v) is 9.32. The summed E-state index contributed by atoms with van der Waals surface area (Å²) in [5.74, 6) is -0.294. The summed E-state index contributed by atoms with van der Waals surface area (Å²) in [6.07, 6.45) is 3.70. The van der Waals surface area contributed by atoms with Crippen molar-refractivity contribution in [3.05, 3.63) is 65.5 Å². The summed E-state index contributed by atoms with van der Waals surface area (Å²) in [6.45, 7) is 2.41. The zero-order valence-corrected chi connectivity index (χ0v) is 14.1. The van der Waals surface area contributed by atoms with Crippen molar-refractivity contribution < 1.29 is 12.8 Å². The third kappa shape index (κ3) is 5.44. The Labute approximate surface area is 137 Å². The number of rotatable bonds is 8. The number of aryl methyl sites for hydroxylation is 1. The minimum absolute atomic E-state index is 0.275. The van der Waals surface area contributed by atoms with Crippen LogP contribution in [-0.4, -0.2) is 15.0 Å². The largest absolute Gasteiger partial charge is 0.240 e. The minimum atomic E-state index is -3.50. The van der Waals surface area contributed by atoms with Gasteiger partial charge in [-0.3, -0.25) is 0 Å². The van der Waals surface area contributed by atoms with Gasteiger partial charge in [0.05, 0.1) is 4.90 Å².